The lowest BCUT2D eigenvalue weighted by atomic mass is 9.88. The first kappa shape index (κ1) is 17.8. The van der Waals surface area contributed by atoms with Crippen LogP contribution in [0.1, 0.15) is 42.4 Å². The number of rotatable bonds is 3. The highest BCUT2D eigenvalue weighted by atomic mass is 79.9. The van der Waals surface area contributed by atoms with Crippen molar-refractivity contribution in [3.63, 3.8) is 0 Å². The van der Waals surface area contributed by atoms with Crippen LogP contribution >= 0.6 is 27.3 Å². The van der Waals surface area contributed by atoms with Gasteiger partial charge in [-0.2, -0.15) is 5.26 Å². The molecule has 5 heteroatoms. The Balaban J connectivity index is 1.66. The second kappa shape index (κ2) is 6.83. The highest BCUT2D eigenvalue weighted by molar-refractivity contribution is 9.10. The summed E-state index contributed by atoms with van der Waals surface area (Å²) in [5.41, 5.74) is 3.98. The second-order valence-electron chi connectivity index (χ2n) is 7.65. The van der Waals surface area contributed by atoms with Gasteiger partial charge in [-0.25, -0.2) is 0 Å². The third kappa shape index (κ3) is 3.00. The zero-order valence-corrected chi connectivity index (χ0v) is 17.3. The number of nitrogens with zero attached hydrogens (tertiary/aromatic N) is 1. The second-order valence-corrected chi connectivity index (χ2v) is 9.46. The predicted molar refractivity (Wildman–Crippen MR) is 109 cm³/mol. The van der Waals surface area contributed by atoms with Gasteiger partial charge in [0.1, 0.15) is 16.6 Å². The van der Waals surface area contributed by atoms with E-state index >= 15 is 0 Å². The van der Waals surface area contributed by atoms with Crippen LogP contribution in [-0.4, -0.2) is 5.91 Å². The number of amides is 1. The minimum atomic E-state index is 0.0926. The molecule has 2 aliphatic rings. The molecule has 2 aromatic rings. The number of aryl methyl sites for hydroxylation is 2. The molecule has 1 heterocycles. The van der Waals surface area contributed by atoms with Gasteiger partial charge in [0, 0.05) is 5.92 Å². The Morgan fingerprint density at radius 3 is 2.77 bits per heavy atom. The van der Waals surface area contributed by atoms with E-state index in [1.807, 2.05) is 0 Å². The Bertz CT molecular complexity index is 927. The molecule has 134 valence electrons. The first-order chi connectivity index (χ1) is 12.5. The molecule has 0 unspecified atom stereocenters. The number of nitriles is 1. The normalized spacial score (nSPS) is 23.8. The molecule has 2 bridgehead atoms. The minimum Gasteiger partial charge on any atom is -0.316 e. The molecule has 1 amide bonds. The summed E-state index contributed by atoms with van der Waals surface area (Å²) in [5, 5.41) is 13.4. The van der Waals surface area contributed by atoms with Gasteiger partial charge in [-0.3, -0.25) is 4.79 Å². The van der Waals surface area contributed by atoms with Crippen molar-refractivity contribution in [1.82, 2.24) is 0 Å². The maximum absolute atomic E-state index is 12.8. The molecule has 0 saturated heterocycles. The van der Waals surface area contributed by atoms with Crippen LogP contribution in [-0.2, 0) is 4.79 Å². The monoisotopic (exact) mass is 428 g/mol. The fraction of sp³-hybridized carbons (Fsp3) is 0.429. The Morgan fingerprint density at radius 1 is 1.31 bits per heavy atom. The third-order valence-corrected chi connectivity index (χ3v) is 8.11. The summed E-state index contributed by atoms with van der Waals surface area (Å²) in [7, 11) is 0. The van der Waals surface area contributed by atoms with E-state index in [1.165, 1.54) is 36.2 Å². The number of hydrogen-bond acceptors (Lipinski definition) is 3. The van der Waals surface area contributed by atoms with Crippen molar-refractivity contribution < 1.29 is 4.79 Å². The fourth-order valence-corrected chi connectivity index (χ4v) is 6.52. The molecule has 1 N–H and O–H groups in total. The molecule has 3 atom stereocenters. The van der Waals surface area contributed by atoms with Gasteiger partial charge < -0.3 is 5.32 Å². The number of thiophene rings is 1. The summed E-state index contributed by atoms with van der Waals surface area (Å²) in [4.78, 5) is 13.8. The molecular weight excluding hydrogens is 408 g/mol. The van der Waals surface area contributed by atoms with E-state index in [1.54, 1.807) is 0 Å². The van der Waals surface area contributed by atoms with Crippen molar-refractivity contribution in [3.8, 4) is 16.5 Å². The van der Waals surface area contributed by atoms with Crippen molar-refractivity contribution in [3.05, 3.63) is 39.4 Å². The summed E-state index contributed by atoms with van der Waals surface area (Å²) in [6.45, 7) is 4.13. The number of nitrogens with one attached hydrogen (secondary N) is 1. The van der Waals surface area contributed by atoms with Crippen LogP contribution in [0, 0.1) is 42.9 Å². The van der Waals surface area contributed by atoms with Gasteiger partial charge in [-0.1, -0.05) is 30.2 Å². The van der Waals surface area contributed by atoms with E-state index in [2.05, 4.69) is 59.4 Å². The smallest absolute Gasteiger partial charge is 0.228 e. The first-order valence-electron chi connectivity index (χ1n) is 9.08. The summed E-state index contributed by atoms with van der Waals surface area (Å²) >= 11 is 5.09. The van der Waals surface area contributed by atoms with Crippen molar-refractivity contribution in [1.29, 1.82) is 5.26 Å². The highest BCUT2D eigenvalue weighted by Gasteiger charge is 2.43. The number of carbonyl (C=O) groups excluding carboxylic acids is 1. The van der Waals surface area contributed by atoms with Crippen molar-refractivity contribution in [2.24, 2.45) is 17.8 Å². The van der Waals surface area contributed by atoms with Crippen LogP contribution in [0.15, 0.2) is 22.7 Å². The van der Waals surface area contributed by atoms with Crippen LogP contribution in [0.4, 0.5) is 5.00 Å². The quantitative estimate of drug-likeness (QED) is 0.647. The lowest BCUT2D eigenvalue weighted by Crippen LogP contribution is -2.27. The van der Waals surface area contributed by atoms with Crippen molar-refractivity contribution >= 4 is 38.2 Å². The lowest BCUT2D eigenvalue weighted by Gasteiger charge is -2.20. The van der Waals surface area contributed by atoms with Gasteiger partial charge >= 0.3 is 0 Å². The maximum Gasteiger partial charge on any atom is 0.228 e. The first-order valence-corrected chi connectivity index (χ1v) is 10.7. The zero-order chi connectivity index (χ0) is 18.4. The van der Waals surface area contributed by atoms with E-state index < -0.39 is 0 Å². The summed E-state index contributed by atoms with van der Waals surface area (Å²) < 4.78 is 0.780. The topological polar surface area (TPSA) is 52.9 Å². The van der Waals surface area contributed by atoms with E-state index in [4.69, 9.17) is 0 Å². The summed E-state index contributed by atoms with van der Waals surface area (Å²) in [6, 6.07) is 8.58. The Morgan fingerprint density at radius 2 is 2.12 bits per heavy atom. The van der Waals surface area contributed by atoms with Gasteiger partial charge in [-0.05, 0) is 72.0 Å². The van der Waals surface area contributed by atoms with E-state index in [0.717, 1.165) is 32.8 Å². The zero-order valence-electron chi connectivity index (χ0n) is 14.9. The van der Waals surface area contributed by atoms with Gasteiger partial charge in [0.15, 0.2) is 0 Å². The molecule has 2 saturated carbocycles. The lowest BCUT2D eigenvalue weighted by molar-refractivity contribution is -0.121. The average Bonchev–Trinajstić information content (AvgIpc) is 3.32. The molecule has 0 aliphatic heterocycles. The number of hydrogen-bond donors (Lipinski definition) is 1. The highest BCUT2D eigenvalue weighted by Crippen LogP contribution is 2.49. The summed E-state index contributed by atoms with van der Waals surface area (Å²) in [6.07, 6.45) is 4.66. The van der Waals surface area contributed by atoms with Crippen LogP contribution in [0.2, 0.25) is 0 Å². The molecule has 1 aromatic heterocycles. The van der Waals surface area contributed by atoms with Crippen LogP contribution in [0.3, 0.4) is 0 Å². The number of benzene rings is 1. The van der Waals surface area contributed by atoms with Gasteiger partial charge in [0.25, 0.3) is 0 Å². The van der Waals surface area contributed by atoms with E-state index in [0.29, 0.717) is 16.5 Å². The van der Waals surface area contributed by atoms with Gasteiger partial charge in [0.2, 0.25) is 5.91 Å². The average molecular weight is 429 g/mol. The van der Waals surface area contributed by atoms with Crippen LogP contribution in [0.25, 0.3) is 10.4 Å². The molecule has 1 aromatic carbocycles. The number of anilines is 1. The molecule has 2 fully saturated rings. The Kier molecular flexibility index (Phi) is 4.66. The van der Waals surface area contributed by atoms with Crippen molar-refractivity contribution in [2.45, 2.75) is 39.5 Å². The molecular formula is C21H21BrN2OS. The molecule has 26 heavy (non-hydrogen) atoms. The molecule has 0 spiro atoms. The van der Waals surface area contributed by atoms with Gasteiger partial charge in [0.05, 0.1) is 9.35 Å². The Labute approximate surface area is 166 Å². The van der Waals surface area contributed by atoms with Crippen LogP contribution < -0.4 is 5.32 Å². The SMILES string of the molecule is Cc1ccc(C)c(-c2sc(NC(=O)[C@@H]3C[C@@H]4CC[C@@H]3C4)c(C#N)c2Br)c1. The largest absolute Gasteiger partial charge is 0.316 e. The van der Waals surface area contributed by atoms with E-state index in [-0.39, 0.29) is 11.8 Å². The predicted octanol–water partition coefficient (Wildman–Crippen LogP) is 6.04. The molecule has 3 nitrogen and oxygen atoms in total. The number of fused-ring (bicyclic) bond motifs is 2. The number of carbonyl (C=O) groups is 1. The molecule has 2 aliphatic carbocycles. The molecule has 0 radical (unpaired) electrons. The standard InChI is InChI=1S/C21H21BrN2OS/c1-11-3-4-12(2)15(7-11)19-18(22)17(10-23)21(26-19)24-20(25)16-9-13-5-6-14(16)8-13/h3-4,7,13-14,16H,5-6,8-9H2,1-2H3,(H,24,25)/t13-,14-,16-/m1/s1. The fourth-order valence-electron chi connectivity index (χ4n) is 4.52. The number of halogens is 1. The van der Waals surface area contributed by atoms with Gasteiger partial charge in [-0.15, -0.1) is 11.3 Å². The van der Waals surface area contributed by atoms with Crippen molar-refractivity contribution in [2.75, 3.05) is 5.32 Å². The minimum absolute atomic E-state index is 0.0926. The van der Waals surface area contributed by atoms with E-state index in [9.17, 15) is 10.1 Å². The summed E-state index contributed by atoms with van der Waals surface area (Å²) in [5.74, 6) is 1.47. The third-order valence-electron chi connectivity index (χ3n) is 5.91. The van der Waals surface area contributed by atoms with Crippen LogP contribution in [0.5, 0.6) is 0 Å². The molecule has 4 rings (SSSR count). The maximum atomic E-state index is 12.8. The Hall–Kier alpha value is -1.64.